The Labute approximate surface area is 113 Å². The van der Waals surface area contributed by atoms with Gasteiger partial charge in [0.25, 0.3) is 5.91 Å². The molecule has 2 aromatic rings. The lowest BCUT2D eigenvalue weighted by atomic mass is 10.2. The fourth-order valence-corrected chi connectivity index (χ4v) is 1.85. The number of hydrogen-bond donors (Lipinski definition) is 2. The molecule has 0 saturated carbocycles. The fraction of sp³-hybridized carbons (Fsp3) is 0.0769. The van der Waals surface area contributed by atoms with Crippen molar-refractivity contribution < 1.29 is 4.79 Å². The van der Waals surface area contributed by atoms with E-state index in [2.05, 4.69) is 26.2 Å². The molecule has 0 saturated heterocycles. The van der Waals surface area contributed by atoms with Gasteiger partial charge in [0.2, 0.25) is 0 Å². The van der Waals surface area contributed by atoms with Crippen molar-refractivity contribution in [2.75, 3.05) is 11.1 Å². The number of nitrogens with zero attached hydrogens (tertiary/aromatic N) is 1. The lowest BCUT2D eigenvalue weighted by molar-refractivity contribution is 0.102. The first-order valence-corrected chi connectivity index (χ1v) is 6.14. The van der Waals surface area contributed by atoms with Crippen molar-refractivity contribution in [3.63, 3.8) is 0 Å². The number of nitrogen functional groups attached to an aromatic ring is 1. The molecule has 0 spiro atoms. The van der Waals surface area contributed by atoms with Crippen LogP contribution in [-0.2, 0) is 0 Å². The number of aromatic nitrogens is 1. The van der Waals surface area contributed by atoms with E-state index in [1.54, 1.807) is 12.1 Å². The molecule has 0 aliphatic carbocycles. The molecule has 1 aromatic heterocycles. The van der Waals surface area contributed by atoms with Gasteiger partial charge < -0.3 is 11.1 Å². The summed E-state index contributed by atoms with van der Waals surface area (Å²) in [6.45, 7) is 1.93. The second-order valence-electron chi connectivity index (χ2n) is 3.89. The van der Waals surface area contributed by atoms with Crippen molar-refractivity contribution in [3.05, 3.63) is 52.3 Å². The van der Waals surface area contributed by atoms with Gasteiger partial charge in [0.1, 0.15) is 5.69 Å². The summed E-state index contributed by atoms with van der Waals surface area (Å²) in [6.07, 6.45) is 1.51. The summed E-state index contributed by atoms with van der Waals surface area (Å²) in [5.41, 5.74) is 8.16. The van der Waals surface area contributed by atoms with E-state index >= 15 is 0 Å². The molecule has 0 bridgehead atoms. The molecule has 1 heterocycles. The predicted octanol–water partition coefficient (Wildman–Crippen LogP) is 2.99. The SMILES string of the molecule is Cc1ccc(Br)cc1NC(=O)c1cc(N)ccn1. The number of aryl methyl sites for hydroxylation is 1. The summed E-state index contributed by atoms with van der Waals surface area (Å²) in [5, 5.41) is 2.81. The maximum atomic E-state index is 12.0. The van der Waals surface area contributed by atoms with Crippen molar-refractivity contribution in [2.24, 2.45) is 0 Å². The Morgan fingerprint density at radius 1 is 1.33 bits per heavy atom. The molecule has 0 aliphatic rings. The van der Waals surface area contributed by atoms with Gasteiger partial charge in [-0.3, -0.25) is 9.78 Å². The molecule has 1 aromatic carbocycles. The van der Waals surface area contributed by atoms with Gasteiger partial charge >= 0.3 is 0 Å². The largest absolute Gasteiger partial charge is 0.399 e. The van der Waals surface area contributed by atoms with Gasteiger partial charge in [-0.25, -0.2) is 0 Å². The Morgan fingerprint density at radius 2 is 2.11 bits per heavy atom. The molecule has 0 atom stereocenters. The normalized spacial score (nSPS) is 10.1. The highest BCUT2D eigenvalue weighted by atomic mass is 79.9. The average Bonchev–Trinajstić information content (AvgIpc) is 2.34. The van der Waals surface area contributed by atoms with E-state index in [-0.39, 0.29) is 5.91 Å². The number of hydrogen-bond acceptors (Lipinski definition) is 3. The number of nitrogens with two attached hydrogens (primary N) is 1. The number of rotatable bonds is 2. The van der Waals surface area contributed by atoms with Crippen LogP contribution < -0.4 is 11.1 Å². The van der Waals surface area contributed by atoms with E-state index in [9.17, 15) is 4.79 Å². The summed E-state index contributed by atoms with van der Waals surface area (Å²) in [6, 6.07) is 8.87. The van der Waals surface area contributed by atoms with Crippen molar-refractivity contribution in [3.8, 4) is 0 Å². The zero-order valence-electron chi connectivity index (χ0n) is 9.77. The minimum absolute atomic E-state index is 0.275. The molecule has 92 valence electrons. The van der Waals surface area contributed by atoms with Crippen molar-refractivity contribution >= 4 is 33.2 Å². The summed E-state index contributed by atoms with van der Waals surface area (Å²) in [7, 11) is 0. The zero-order chi connectivity index (χ0) is 13.1. The van der Waals surface area contributed by atoms with Gasteiger partial charge in [0, 0.05) is 22.0 Å². The summed E-state index contributed by atoms with van der Waals surface area (Å²) < 4.78 is 0.906. The van der Waals surface area contributed by atoms with Crippen LogP contribution in [0, 0.1) is 6.92 Å². The van der Waals surface area contributed by atoms with E-state index in [1.807, 2.05) is 25.1 Å². The predicted molar refractivity (Wildman–Crippen MR) is 75.5 cm³/mol. The molecule has 0 radical (unpaired) electrons. The van der Waals surface area contributed by atoms with Crippen LogP contribution in [0.4, 0.5) is 11.4 Å². The molecule has 5 heteroatoms. The topological polar surface area (TPSA) is 68.0 Å². The van der Waals surface area contributed by atoms with Gasteiger partial charge in [0.15, 0.2) is 0 Å². The fourth-order valence-electron chi connectivity index (χ4n) is 1.49. The van der Waals surface area contributed by atoms with Crippen LogP contribution in [0.2, 0.25) is 0 Å². The van der Waals surface area contributed by atoms with Gasteiger partial charge in [-0.2, -0.15) is 0 Å². The van der Waals surface area contributed by atoms with Crippen LogP contribution in [-0.4, -0.2) is 10.9 Å². The third-order valence-corrected chi connectivity index (χ3v) is 2.96. The molecule has 0 unspecified atom stereocenters. The van der Waals surface area contributed by atoms with Crippen LogP contribution in [0.25, 0.3) is 0 Å². The quantitative estimate of drug-likeness (QED) is 0.896. The van der Waals surface area contributed by atoms with Gasteiger partial charge in [-0.05, 0) is 36.8 Å². The highest BCUT2D eigenvalue weighted by Crippen LogP contribution is 2.21. The van der Waals surface area contributed by atoms with Crippen molar-refractivity contribution in [2.45, 2.75) is 6.92 Å². The van der Waals surface area contributed by atoms with Crippen LogP contribution in [0.15, 0.2) is 41.0 Å². The number of benzene rings is 1. The Bertz CT molecular complexity index is 599. The van der Waals surface area contributed by atoms with E-state index in [4.69, 9.17) is 5.73 Å². The number of anilines is 2. The summed E-state index contributed by atoms with van der Waals surface area (Å²) >= 11 is 3.37. The molecule has 2 rings (SSSR count). The monoisotopic (exact) mass is 305 g/mol. The minimum Gasteiger partial charge on any atom is -0.399 e. The Kier molecular flexibility index (Phi) is 3.62. The Morgan fingerprint density at radius 3 is 2.83 bits per heavy atom. The molecule has 3 N–H and O–H groups in total. The van der Waals surface area contributed by atoms with E-state index in [0.717, 1.165) is 15.7 Å². The third-order valence-electron chi connectivity index (χ3n) is 2.46. The van der Waals surface area contributed by atoms with Gasteiger partial charge in [-0.1, -0.05) is 22.0 Å². The minimum atomic E-state index is -0.275. The average molecular weight is 306 g/mol. The number of nitrogens with one attached hydrogen (secondary N) is 1. The maximum Gasteiger partial charge on any atom is 0.274 e. The molecular formula is C13H12BrN3O. The summed E-state index contributed by atoms with van der Waals surface area (Å²) in [4.78, 5) is 16.0. The molecule has 0 aliphatic heterocycles. The highest BCUT2D eigenvalue weighted by Gasteiger charge is 2.09. The molecule has 4 nitrogen and oxygen atoms in total. The first kappa shape index (κ1) is 12.6. The Hall–Kier alpha value is -1.88. The maximum absolute atomic E-state index is 12.0. The molecule has 18 heavy (non-hydrogen) atoms. The van der Waals surface area contributed by atoms with E-state index in [0.29, 0.717) is 11.4 Å². The Balaban J connectivity index is 2.24. The molecular weight excluding hydrogens is 294 g/mol. The van der Waals surface area contributed by atoms with Gasteiger partial charge in [0.05, 0.1) is 0 Å². The van der Waals surface area contributed by atoms with E-state index in [1.165, 1.54) is 6.20 Å². The standard InChI is InChI=1S/C13H12BrN3O/c1-8-2-3-9(14)6-11(8)17-13(18)12-7-10(15)4-5-16-12/h2-7H,1H3,(H2,15,16)(H,17,18). The summed E-state index contributed by atoms with van der Waals surface area (Å²) in [5.74, 6) is -0.275. The van der Waals surface area contributed by atoms with Crippen LogP contribution in [0.3, 0.4) is 0 Å². The number of pyridine rings is 1. The van der Waals surface area contributed by atoms with Crippen LogP contribution in [0.1, 0.15) is 16.1 Å². The number of carbonyl (C=O) groups excluding carboxylic acids is 1. The number of amides is 1. The van der Waals surface area contributed by atoms with Crippen LogP contribution >= 0.6 is 15.9 Å². The van der Waals surface area contributed by atoms with E-state index < -0.39 is 0 Å². The molecule has 0 fully saturated rings. The third kappa shape index (κ3) is 2.87. The second kappa shape index (κ2) is 5.18. The second-order valence-corrected chi connectivity index (χ2v) is 4.80. The number of carbonyl (C=O) groups is 1. The lowest BCUT2D eigenvalue weighted by Gasteiger charge is -2.08. The highest BCUT2D eigenvalue weighted by molar-refractivity contribution is 9.10. The lowest BCUT2D eigenvalue weighted by Crippen LogP contribution is -2.14. The smallest absolute Gasteiger partial charge is 0.274 e. The first-order chi connectivity index (χ1) is 8.56. The van der Waals surface area contributed by atoms with Crippen molar-refractivity contribution in [1.29, 1.82) is 0 Å². The van der Waals surface area contributed by atoms with Crippen LogP contribution in [0.5, 0.6) is 0 Å². The number of halogens is 1. The molecule has 1 amide bonds. The van der Waals surface area contributed by atoms with Crippen molar-refractivity contribution in [1.82, 2.24) is 4.98 Å². The van der Waals surface area contributed by atoms with Gasteiger partial charge in [-0.15, -0.1) is 0 Å². The first-order valence-electron chi connectivity index (χ1n) is 5.35. The zero-order valence-corrected chi connectivity index (χ0v) is 11.4.